The number of para-hydroxylation sites is 1. The molecule has 2 aliphatic rings. The third-order valence-corrected chi connectivity index (χ3v) is 7.96. The van der Waals surface area contributed by atoms with Crippen LogP contribution in [0.5, 0.6) is 0 Å². The molecule has 0 aromatic heterocycles. The molecule has 2 amide bonds. The van der Waals surface area contributed by atoms with Gasteiger partial charge in [0.2, 0.25) is 15.9 Å². The molecule has 0 radical (unpaired) electrons. The topological polar surface area (TPSA) is 84.0 Å². The van der Waals surface area contributed by atoms with Gasteiger partial charge in [0.1, 0.15) is 10.9 Å². The van der Waals surface area contributed by atoms with Crippen LogP contribution in [0.15, 0.2) is 53.4 Å². The number of nitrogens with zero attached hydrogens (tertiary/aromatic N) is 2. The summed E-state index contributed by atoms with van der Waals surface area (Å²) < 4.78 is 33.9. The summed E-state index contributed by atoms with van der Waals surface area (Å²) in [5.74, 6) is -1.07. The molecule has 2 aromatic carbocycles. The van der Waals surface area contributed by atoms with Gasteiger partial charge in [-0.25, -0.2) is 13.3 Å². The highest BCUT2D eigenvalue weighted by molar-refractivity contribution is 7.89. The minimum atomic E-state index is -4.25. The summed E-state index contributed by atoms with van der Waals surface area (Å²) in [5, 5.41) is 0.179. The molecular formula is C21H20Cl2N2O5S. The Morgan fingerprint density at radius 3 is 2.52 bits per heavy atom. The second-order valence-corrected chi connectivity index (χ2v) is 10.1. The summed E-state index contributed by atoms with van der Waals surface area (Å²) in [6.45, 7) is 0.460. The summed E-state index contributed by atoms with van der Waals surface area (Å²) in [6, 6.07) is 11.4. The van der Waals surface area contributed by atoms with Crippen LogP contribution in [-0.2, 0) is 24.3 Å². The minimum Gasteiger partial charge on any atom is -0.377 e. The van der Waals surface area contributed by atoms with Gasteiger partial charge in [0.15, 0.2) is 0 Å². The van der Waals surface area contributed by atoms with Crippen molar-refractivity contribution in [1.82, 2.24) is 4.31 Å². The fourth-order valence-electron chi connectivity index (χ4n) is 3.87. The molecule has 0 bridgehead atoms. The molecule has 10 heteroatoms. The first kappa shape index (κ1) is 22.2. The number of hydrogen-bond donors (Lipinski definition) is 0. The average Bonchev–Trinajstić information content (AvgIpc) is 3.36. The maximum atomic E-state index is 13.6. The zero-order valence-electron chi connectivity index (χ0n) is 16.4. The lowest BCUT2D eigenvalue weighted by Crippen LogP contribution is -2.48. The molecule has 2 aromatic rings. The third kappa shape index (κ3) is 4.36. The number of carbonyl (C=O) groups is 2. The zero-order valence-corrected chi connectivity index (χ0v) is 18.7. The molecule has 2 fully saturated rings. The predicted octanol–water partition coefficient (Wildman–Crippen LogP) is 3.50. The van der Waals surface area contributed by atoms with E-state index in [2.05, 4.69) is 0 Å². The van der Waals surface area contributed by atoms with E-state index >= 15 is 0 Å². The summed E-state index contributed by atoms with van der Waals surface area (Å²) in [5.41, 5.74) is 0.398. The number of halogens is 2. The standard InChI is InChI=1S/C21H20Cl2N2O5S/c22-14-8-9-17(23)19(11-14)31(28,29)24(13-16-7-4-10-30-16)18-12-20(26)25(21(18)27)15-5-2-1-3-6-15/h1-3,5-6,8-9,11,16,18H,4,7,10,12-13H2. The van der Waals surface area contributed by atoms with E-state index in [0.717, 1.165) is 15.6 Å². The Hall–Kier alpha value is -1.97. The number of carbonyl (C=O) groups excluding carboxylic acids is 2. The van der Waals surface area contributed by atoms with Crippen molar-refractivity contribution in [1.29, 1.82) is 0 Å². The molecule has 4 rings (SSSR count). The van der Waals surface area contributed by atoms with Gasteiger partial charge < -0.3 is 4.74 Å². The molecule has 0 aliphatic carbocycles. The molecular weight excluding hydrogens is 463 g/mol. The Labute approximate surface area is 190 Å². The van der Waals surface area contributed by atoms with Crippen molar-refractivity contribution in [3.8, 4) is 0 Å². The number of amides is 2. The quantitative estimate of drug-likeness (QED) is 0.588. The predicted molar refractivity (Wildman–Crippen MR) is 117 cm³/mol. The van der Waals surface area contributed by atoms with Crippen LogP contribution >= 0.6 is 23.2 Å². The van der Waals surface area contributed by atoms with Crippen LogP contribution in [-0.4, -0.2) is 49.8 Å². The number of hydrogen-bond acceptors (Lipinski definition) is 5. The summed E-state index contributed by atoms with van der Waals surface area (Å²) >= 11 is 12.2. The van der Waals surface area contributed by atoms with Gasteiger partial charge in [0.05, 0.1) is 23.2 Å². The highest BCUT2D eigenvalue weighted by Crippen LogP contribution is 2.33. The second-order valence-electron chi connectivity index (χ2n) is 7.41. The van der Waals surface area contributed by atoms with Crippen LogP contribution < -0.4 is 4.90 Å². The monoisotopic (exact) mass is 482 g/mol. The molecule has 31 heavy (non-hydrogen) atoms. The molecule has 2 atom stereocenters. The van der Waals surface area contributed by atoms with Gasteiger partial charge in [-0.05, 0) is 43.2 Å². The number of imide groups is 1. The number of benzene rings is 2. The molecule has 7 nitrogen and oxygen atoms in total. The van der Waals surface area contributed by atoms with E-state index in [-0.39, 0.29) is 34.0 Å². The SMILES string of the molecule is O=C1CC(N(CC2CCCO2)S(=O)(=O)c2cc(Cl)ccc2Cl)C(=O)N1c1ccccc1. The van der Waals surface area contributed by atoms with Gasteiger partial charge >= 0.3 is 0 Å². The normalized spacial score (nSPS) is 22.0. The fraction of sp³-hybridized carbons (Fsp3) is 0.333. The van der Waals surface area contributed by atoms with Gasteiger partial charge in [-0.15, -0.1) is 0 Å². The van der Waals surface area contributed by atoms with Crippen molar-refractivity contribution in [2.45, 2.75) is 36.3 Å². The molecule has 0 N–H and O–H groups in total. The van der Waals surface area contributed by atoms with Gasteiger partial charge in [-0.2, -0.15) is 4.31 Å². The van der Waals surface area contributed by atoms with Crippen molar-refractivity contribution >= 4 is 50.7 Å². The lowest BCUT2D eigenvalue weighted by molar-refractivity contribution is -0.122. The van der Waals surface area contributed by atoms with Crippen molar-refractivity contribution in [3.05, 3.63) is 58.6 Å². The van der Waals surface area contributed by atoms with Crippen LogP contribution in [0.25, 0.3) is 0 Å². The Morgan fingerprint density at radius 2 is 1.84 bits per heavy atom. The van der Waals surface area contributed by atoms with E-state index in [1.807, 2.05) is 0 Å². The highest BCUT2D eigenvalue weighted by atomic mass is 35.5. The first-order chi connectivity index (χ1) is 14.8. The van der Waals surface area contributed by atoms with E-state index in [1.54, 1.807) is 30.3 Å². The van der Waals surface area contributed by atoms with E-state index in [0.29, 0.717) is 18.7 Å². The first-order valence-electron chi connectivity index (χ1n) is 9.79. The van der Waals surface area contributed by atoms with Gasteiger partial charge in [0, 0.05) is 18.2 Å². The lowest BCUT2D eigenvalue weighted by atomic mass is 10.2. The van der Waals surface area contributed by atoms with E-state index in [1.165, 1.54) is 18.2 Å². The Morgan fingerprint density at radius 1 is 1.10 bits per heavy atom. The summed E-state index contributed by atoms with van der Waals surface area (Å²) in [6.07, 6.45) is 0.815. The summed E-state index contributed by atoms with van der Waals surface area (Å²) in [7, 11) is -4.25. The number of sulfonamides is 1. The molecule has 2 saturated heterocycles. The summed E-state index contributed by atoms with van der Waals surface area (Å²) in [4.78, 5) is 26.8. The molecule has 0 spiro atoms. The van der Waals surface area contributed by atoms with Crippen LogP contribution in [0.1, 0.15) is 19.3 Å². The van der Waals surface area contributed by atoms with Crippen LogP contribution in [0.4, 0.5) is 5.69 Å². The fourth-order valence-corrected chi connectivity index (χ4v) is 6.22. The minimum absolute atomic E-state index is 0.0153. The highest BCUT2D eigenvalue weighted by Gasteiger charge is 2.48. The van der Waals surface area contributed by atoms with Crippen LogP contribution in [0.2, 0.25) is 10.0 Å². The number of anilines is 1. The Bertz CT molecular complexity index is 1100. The van der Waals surface area contributed by atoms with Crippen LogP contribution in [0, 0.1) is 0 Å². The molecule has 2 unspecified atom stereocenters. The second kappa shape index (κ2) is 8.88. The van der Waals surface area contributed by atoms with Crippen molar-refractivity contribution < 1.29 is 22.7 Å². The van der Waals surface area contributed by atoms with Gasteiger partial charge in [-0.1, -0.05) is 41.4 Å². The Balaban J connectivity index is 1.74. The van der Waals surface area contributed by atoms with Crippen LogP contribution in [0.3, 0.4) is 0 Å². The zero-order chi connectivity index (χ0) is 22.2. The maximum Gasteiger partial charge on any atom is 0.252 e. The van der Waals surface area contributed by atoms with E-state index in [4.69, 9.17) is 27.9 Å². The molecule has 0 saturated carbocycles. The van der Waals surface area contributed by atoms with Crippen molar-refractivity contribution in [2.24, 2.45) is 0 Å². The van der Waals surface area contributed by atoms with Crippen molar-refractivity contribution in [2.75, 3.05) is 18.1 Å². The third-order valence-electron chi connectivity index (χ3n) is 5.37. The maximum absolute atomic E-state index is 13.6. The number of ether oxygens (including phenoxy) is 1. The molecule has 2 heterocycles. The first-order valence-corrected chi connectivity index (χ1v) is 12.0. The van der Waals surface area contributed by atoms with Crippen molar-refractivity contribution in [3.63, 3.8) is 0 Å². The number of rotatable bonds is 6. The molecule has 164 valence electrons. The lowest BCUT2D eigenvalue weighted by Gasteiger charge is -2.29. The molecule has 2 aliphatic heterocycles. The average molecular weight is 483 g/mol. The Kier molecular flexibility index (Phi) is 6.37. The smallest absolute Gasteiger partial charge is 0.252 e. The van der Waals surface area contributed by atoms with E-state index < -0.39 is 27.9 Å². The van der Waals surface area contributed by atoms with Gasteiger partial charge in [-0.3, -0.25) is 9.59 Å². The largest absolute Gasteiger partial charge is 0.377 e. The van der Waals surface area contributed by atoms with E-state index in [9.17, 15) is 18.0 Å². The van der Waals surface area contributed by atoms with Gasteiger partial charge in [0.25, 0.3) is 5.91 Å².